The summed E-state index contributed by atoms with van der Waals surface area (Å²) in [6.07, 6.45) is 0.912. The van der Waals surface area contributed by atoms with E-state index < -0.39 is 0 Å². The number of para-hydroxylation sites is 1. The van der Waals surface area contributed by atoms with Crippen LogP contribution in [-0.4, -0.2) is 18.5 Å². The highest BCUT2D eigenvalue weighted by Crippen LogP contribution is 2.31. The second kappa shape index (κ2) is 8.17. The predicted octanol–water partition coefficient (Wildman–Crippen LogP) is 4.66. The van der Waals surface area contributed by atoms with E-state index in [1.807, 2.05) is 77.7 Å². The van der Waals surface area contributed by atoms with Gasteiger partial charge < -0.3 is 15.0 Å². The first-order valence-electron chi connectivity index (χ1n) is 9.61. The smallest absolute Gasteiger partial charge is 0.246 e. The molecule has 0 saturated carbocycles. The van der Waals surface area contributed by atoms with Crippen molar-refractivity contribution in [3.8, 4) is 5.75 Å². The Morgan fingerprint density at radius 3 is 2.50 bits per heavy atom. The van der Waals surface area contributed by atoms with Gasteiger partial charge in [0.2, 0.25) is 5.91 Å². The minimum Gasteiger partial charge on any atom is -0.489 e. The summed E-state index contributed by atoms with van der Waals surface area (Å²) in [5, 5.41) is 3.23. The summed E-state index contributed by atoms with van der Waals surface area (Å²) < 4.78 is 5.80. The fourth-order valence-electron chi connectivity index (χ4n) is 3.62. The third-order valence-electron chi connectivity index (χ3n) is 5.02. The Balaban J connectivity index is 1.32. The van der Waals surface area contributed by atoms with E-state index in [1.165, 1.54) is 5.56 Å². The Morgan fingerprint density at radius 1 is 1.00 bits per heavy atom. The van der Waals surface area contributed by atoms with Crippen LogP contribution in [-0.2, 0) is 17.8 Å². The van der Waals surface area contributed by atoms with E-state index in [0.717, 1.165) is 29.1 Å². The number of nitrogens with zero attached hydrogens (tertiary/aromatic N) is 1. The largest absolute Gasteiger partial charge is 0.489 e. The van der Waals surface area contributed by atoms with Gasteiger partial charge in [0.05, 0.1) is 6.54 Å². The molecule has 4 nitrogen and oxygen atoms in total. The Bertz CT molecular complexity index is 938. The first-order chi connectivity index (χ1) is 13.7. The van der Waals surface area contributed by atoms with Gasteiger partial charge in [0.15, 0.2) is 0 Å². The lowest BCUT2D eigenvalue weighted by Gasteiger charge is -2.23. The van der Waals surface area contributed by atoms with Gasteiger partial charge in [-0.2, -0.15) is 0 Å². The molecule has 0 radical (unpaired) electrons. The zero-order chi connectivity index (χ0) is 19.3. The van der Waals surface area contributed by atoms with Crippen LogP contribution >= 0.6 is 0 Å². The molecule has 142 valence electrons. The zero-order valence-corrected chi connectivity index (χ0v) is 16.0. The number of hydrogen-bond acceptors (Lipinski definition) is 3. The highest BCUT2D eigenvalue weighted by Gasteiger charge is 2.30. The van der Waals surface area contributed by atoms with Gasteiger partial charge in [-0.25, -0.2) is 0 Å². The van der Waals surface area contributed by atoms with Gasteiger partial charge in [-0.05, 0) is 54.8 Å². The predicted molar refractivity (Wildman–Crippen MR) is 113 cm³/mol. The number of anilines is 2. The molecular formula is C24H24N2O2. The van der Waals surface area contributed by atoms with Gasteiger partial charge in [0.25, 0.3) is 0 Å². The van der Waals surface area contributed by atoms with Crippen molar-refractivity contribution in [1.82, 2.24) is 0 Å². The number of amides is 1. The molecular weight excluding hydrogens is 348 g/mol. The lowest BCUT2D eigenvalue weighted by molar-refractivity contribution is -0.117. The molecule has 1 N–H and O–H groups in total. The molecule has 1 aliphatic heterocycles. The van der Waals surface area contributed by atoms with E-state index in [1.54, 1.807) is 0 Å². The molecule has 1 heterocycles. The minimum absolute atomic E-state index is 0.0851. The molecule has 0 aromatic heterocycles. The molecule has 3 aromatic rings. The van der Waals surface area contributed by atoms with Crippen LogP contribution in [0.3, 0.4) is 0 Å². The zero-order valence-electron chi connectivity index (χ0n) is 16.0. The fourth-order valence-corrected chi connectivity index (χ4v) is 3.62. The summed E-state index contributed by atoms with van der Waals surface area (Å²) in [6.45, 7) is 2.90. The molecule has 3 aromatic carbocycles. The van der Waals surface area contributed by atoms with Crippen LogP contribution in [0.4, 0.5) is 11.4 Å². The van der Waals surface area contributed by atoms with E-state index >= 15 is 0 Å². The highest BCUT2D eigenvalue weighted by molar-refractivity contribution is 5.98. The monoisotopic (exact) mass is 372 g/mol. The van der Waals surface area contributed by atoms with Crippen LogP contribution in [0.2, 0.25) is 0 Å². The van der Waals surface area contributed by atoms with Crippen LogP contribution in [0.25, 0.3) is 0 Å². The van der Waals surface area contributed by atoms with Crippen LogP contribution < -0.4 is 15.0 Å². The number of rotatable bonds is 6. The van der Waals surface area contributed by atoms with Crippen molar-refractivity contribution < 1.29 is 9.53 Å². The molecule has 1 aliphatic rings. The second-order valence-electron chi connectivity index (χ2n) is 7.10. The molecule has 0 bridgehead atoms. The van der Waals surface area contributed by atoms with Crippen LogP contribution in [0.15, 0.2) is 78.9 Å². The van der Waals surface area contributed by atoms with Crippen molar-refractivity contribution >= 4 is 17.3 Å². The lowest BCUT2D eigenvalue weighted by atomic mass is 10.1. The number of carbonyl (C=O) groups is 1. The third kappa shape index (κ3) is 4.01. The van der Waals surface area contributed by atoms with Gasteiger partial charge in [-0.15, -0.1) is 0 Å². The van der Waals surface area contributed by atoms with Crippen molar-refractivity contribution in [3.63, 3.8) is 0 Å². The van der Waals surface area contributed by atoms with Crippen molar-refractivity contribution in [2.75, 3.05) is 16.8 Å². The topological polar surface area (TPSA) is 41.6 Å². The van der Waals surface area contributed by atoms with Gasteiger partial charge in [-0.3, -0.25) is 4.79 Å². The maximum absolute atomic E-state index is 12.8. The summed E-state index contributed by atoms with van der Waals surface area (Å²) >= 11 is 0. The molecule has 0 unspecified atom stereocenters. The summed E-state index contributed by atoms with van der Waals surface area (Å²) in [5.41, 5.74) is 4.31. The third-order valence-corrected chi connectivity index (χ3v) is 5.02. The summed E-state index contributed by atoms with van der Waals surface area (Å²) in [6, 6.07) is 26.1. The average Bonchev–Trinajstić information content (AvgIpc) is 3.08. The Labute approximate surface area is 165 Å². The first-order valence-corrected chi connectivity index (χ1v) is 9.61. The molecule has 28 heavy (non-hydrogen) atoms. The van der Waals surface area contributed by atoms with Gasteiger partial charge in [0.1, 0.15) is 12.4 Å². The van der Waals surface area contributed by atoms with E-state index in [9.17, 15) is 4.79 Å². The average molecular weight is 372 g/mol. The van der Waals surface area contributed by atoms with Crippen molar-refractivity contribution in [3.05, 3.63) is 90.0 Å². The number of benzene rings is 3. The van der Waals surface area contributed by atoms with Crippen molar-refractivity contribution in [2.24, 2.45) is 0 Å². The van der Waals surface area contributed by atoms with Crippen LogP contribution in [0, 0.1) is 0 Å². The second-order valence-corrected chi connectivity index (χ2v) is 7.10. The molecule has 1 atom stereocenters. The van der Waals surface area contributed by atoms with E-state index in [-0.39, 0.29) is 18.5 Å². The Kier molecular flexibility index (Phi) is 5.29. The number of fused-ring (bicyclic) bond motifs is 1. The van der Waals surface area contributed by atoms with Crippen LogP contribution in [0.5, 0.6) is 5.75 Å². The number of nitrogens with one attached hydrogen (secondary N) is 1. The van der Waals surface area contributed by atoms with Gasteiger partial charge in [0, 0.05) is 17.4 Å². The van der Waals surface area contributed by atoms with Gasteiger partial charge in [-0.1, -0.05) is 48.5 Å². The van der Waals surface area contributed by atoms with Crippen LogP contribution in [0.1, 0.15) is 18.1 Å². The van der Waals surface area contributed by atoms with Gasteiger partial charge >= 0.3 is 0 Å². The first kappa shape index (κ1) is 18.1. The maximum atomic E-state index is 12.8. The lowest BCUT2D eigenvalue weighted by Crippen LogP contribution is -2.39. The van der Waals surface area contributed by atoms with Crippen molar-refractivity contribution in [1.29, 1.82) is 0 Å². The van der Waals surface area contributed by atoms with Crippen molar-refractivity contribution in [2.45, 2.75) is 26.0 Å². The minimum atomic E-state index is 0.0851. The fraction of sp³-hybridized carbons (Fsp3) is 0.208. The normalized spacial score (nSPS) is 15.2. The van der Waals surface area contributed by atoms with E-state index in [2.05, 4.69) is 18.3 Å². The quantitative estimate of drug-likeness (QED) is 0.684. The molecule has 0 aliphatic carbocycles. The molecule has 0 fully saturated rings. The molecule has 0 spiro atoms. The summed E-state index contributed by atoms with van der Waals surface area (Å²) in [7, 11) is 0. The number of ether oxygens (including phenoxy) is 1. The summed E-state index contributed by atoms with van der Waals surface area (Å²) in [5.74, 6) is 0.893. The summed E-state index contributed by atoms with van der Waals surface area (Å²) in [4.78, 5) is 14.7. The van der Waals surface area contributed by atoms with E-state index in [4.69, 9.17) is 4.74 Å². The molecule has 4 rings (SSSR count). The van der Waals surface area contributed by atoms with E-state index in [0.29, 0.717) is 6.61 Å². The molecule has 0 saturated heterocycles. The maximum Gasteiger partial charge on any atom is 0.246 e. The SMILES string of the molecule is C[C@@H]1Cc2ccccc2N1C(=O)CNc1ccc(OCc2ccccc2)cc1. The Hall–Kier alpha value is -3.27. The number of hydrogen-bond donors (Lipinski definition) is 1. The number of carbonyl (C=O) groups excluding carboxylic acids is 1. The molecule has 4 heteroatoms. The molecule has 1 amide bonds. The standard InChI is InChI=1S/C24H24N2O2/c1-18-15-20-9-5-6-10-23(20)26(18)24(27)16-25-21-11-13-22(14-12-21)28-17-19-7-3-2-4-8-19/h2-14,18,25H,15-17H2,1H3/t18-/m1/s1. The highest BCUT2D eigenvalue weighted by atomic mass is 16.5. The Morgan fingerprint density at radius 2 is 1.71 bits per heavy atom.